The SMILES string of the molecule is CC(C)(C)c1ccc(-c2nnc(SCC(=O)N3CCN(c4ccc(F)cc4)CC3)n2N)cc1. The van der Waals surface area contributed by atoms with Gasteiger partial charge in [0.2, 0.25) is 11.1 Å². The van der Waals surface area contributed by atoms with E-state index >= 15 is 0 Å². The van der Waals surface area contributed by atoms with Crippen molar-refractivity contribution in [3.05, 3.63) is 59.9 Å². The lowest BCUT2D eigenvalue weighted by molar-refractivity contribution is -0.128. The van der Waals surface area contributed by atoms with Crippen molar-refractivity contribution in [2.75, 3.05) is 42.7 Å². The maximum absolute atomic E-state index is 13.1. The minimum atomic E-state index is -0.248. The lowest BCUT2D eigenvalue weighted by Crippen LogP contribution is -2.49. The third kappa shape index (κ3) is 5.30. The van der Waals surface area contributed by atoms with E-state index in [1.165, 1.54) is 34.1 Å². The average molecular weight is 469 g/mol. The molecule has 33 heavy (non-hydrogen) atoms. The molecular weight excluding hydrogens is 439 g/mol. The fraction of sp³-hybridized carbons (Fsp3) is 0.375. The lowest BCUT2D eigenvalue weighted by atomic mass is 9.87. The summed E-state index contributed by atoms with van der Waals surface area (Å²) in [5.41, 5.74) is 3.15. The van der Waals surface area contributed by atoms with E-state index in [0.717, 1.165) is 11.3 Å². The highest BCUT2D eigenvalue weighted by atomic mass is 32.2. The topological polar surface area (TPSA) is 80.3 Å². The molecule has 7 nitrogen and oxygen atoms in total. The molecule has 0 unspecified atom stereocenters. The van der Waals surface area contributed by atoms with Gasteiger partial charge in [-0.1, -0.05) is 56.8 Å². The van der Waals surface area contributed by atoms with Gasteiger partial charge in [-0.15, -0.1) is 10.2 Å². The number of carbonyl (C=O) groups is 1. The molecule has 3 aromatic rings. The van der Waals surface area contributed by atoms with Crippen molar-refractivity contribution < 1.29 is 9.18 Å². The monoisotopic (exact) mass is 468 g/mol. The van der Waals surface area contributed by atoms with Gasteiger partial charge in [0.05, 0.1) is 5.75 Å². The first-order chi connectivity index (χ1) is 15.7. The van der Waals surface area contributed by atoms with Crippen LogP contribution >= 0.6 is 11.8 Å². The van der Waals surface area contributed by atoms with Gasteiger partial charge in [-0.05, 0) is 35.2 Å². The number of aromatic nitrogens is 3. The number of hydrogen-bond donors (Lipinski definition) is 1. The molecule has 4 rings (SSSR count). The van der Waals surface area contributed by atoms with Crippen LogP contribution in [0.3, 0.4) is 0 Å². The molecular formula is C24H29FN6OS. The lowest BCUT2D eigenvalue weighted by Gasteiger charge is -2.36. The van der Waals surface area contributed by atoms with Crippen molar-refractivity contribution in [3.63, 3.8) is 0 Å². The van der Waals surface area contributed by atoms with Crippen molar-refractivity contribution in [3.8, 4) is 11.4 Å². The second kappa shape index (κ2) is 9.43. The highest BCUT2D eigenvalue weighted by Gasteiger charge is 2.23. The van der Waals surface area contributed by atoms with Crippen molar-refractivity contribution in [2.45, 2.75) is 31.3 Å². The van der Waals surface area contributed by atoms with Crippen molar-refractivity contribution in [2.24, 2.45) is 0 Å². The van der Waals surface area contributed by atoms with E-state index in [-0.39, 0.29) is 22.9 Å². The third-order valence-electron chi connectivity index (χ3n) is 5.82. The summed E-state index contributed by atoms with van der Waals surface area (Å²) in [7, 11) is 0. The average Bonchev–Trinajstić information content (AvgIpc) is 3.18. The zero-order chi connectivity index (χ0) is 23.6. The molecule has 2 N–H and O–H groups in total. The van der Waals surface area contributed by atoms with E-state index in [9.17, 15) is 9.18 Å². The molecule has 0 bridgehead atoms. The van der Waals surface area contributed by atoms with E-state index in [2.05, 4.69) is 48.0 Å². The van der Waals surface area contributed by atoms with Gasteiger partial charge in [0.25, 0.3) is 0 Å². The largest absolute Gasteiger partial charge is 0.368 e. The molecule has 1 aromatic heterocycles. The first-order valence-corrected chi connectivity index (χ1v) is 11.9. The maximum atomic E-state index is 13.1. The molecule has 1 aliphatic rings. The molecule has 174 valence electrons. The van der Waals surface area contributed by atoms with Crippen LogP contribution in [0.2, 0.25) is 0 Å². The number of halogens is 1. The van der Waals surface area contributed by atoms with Crippen LogP contribution in [-0.2, 0) is 10.2 Å². The number of nitrogens with zero attached hydrogens (tertiary/aromatic N) is 5. The quantitative estimate of drug-likeness (QED) is 0.456. The van der Waals surface area contributed by atoms with Gasteiger partial charge in [0.1, 0.15) is 5.82 Å². The summed E-state index contributed by atoms with van der Waals surface area (Å²) in [5, 5.41) is 8.91. The number of hydrogen-bond acceptors (Lipinski definition) is 6. The van der Waals surface area contributed by atoms with Gasteiger partial charge in [-0.25, -0.2) is 9.07 Å². The Morgan fingerprint density at radius 2 is 1.64 bits per heavy atom. The normalized spacial score (nSPS) is 14.5. The summed E-state index contributed by atoms with van der Waals surface area (Å²) in [6.07, 6.45) is 0. The molecule has 0 saturated carbocycles. The number of piperazine rings is 1. The molecule has 1 saturated heterocycles. The summed E-state index contributed by atoms with van der Waals surface area (Å²) >= 11 is 1.29. The Labute approximate surface area is 197 Å². The molecule has 0 spiro atoms. The van der Waals surface area contributed by atoms with Gasteiger partial charge in [-0.3, -0.25) is 4.79 Å². The van der Waals surface area contributed by atoms with Crippen molar-refractivity contribution >= 4 is 23.4 Å². The summed E-state index contributed by atoms with van der Waals surface area (Å²) in [4.78, 5) is 16.7. The Kier molecular flexibility index (Phi) is 6.60. The van der Waals surface area contributed by atoms with Crippen LogP contribution < -0.4 is 10.7 Å². The number of anilines is 1. The fourth-order valence-corrected chi connectivity index (χ4v) is 4.53. The molecule has 9 heteroatoms. The zero-order valence-electron chi connectivity index (χ0n) is 19.2. The number of nitrogen functional groups attached to an aromatic ring is 1. The maximum Gasteiger partial charge on any atom is 0.233 e. The van der Waals surface area contributed by atoms with Gasteiger partial charge in [0.15, 0.2) is 5.82 Å². The van der Waals surface area contributed by atoms with E-state index in [1.807, 2.05) is 17.0 Å². The van der Waals surface area contributed by atoms with Crippen LogP contribution in [-0.4, -0.2) is 57.6 Å². The smallest absolute Gasteiger partial charge is 0.233 e. The fourth-order valence-electron chi connectivity index (χ4n) is 3.78. The predicted molar refractivity (Wildman–Crippen MR) is 130 cm³/mol. The zero-order valence-corrected chi connectivity index (χ0v) is 20.0. The first-order valence-electron chi connectivity index (χ1n) is 10.9. The van der Waals surface area contributed by atoms with E-state index < -0.39 is 0 Å². The predicted octanol–water partition coefficient (Wildman–Crippen LogP) is 3.54. The molecule has 1 amide bonds. The van der Waals surface area contributed by atoms with Crippen LogP contribution in [0.5, 0.6) is 0 Å². The number of rotatable bonds is 5. The Bertz CT molecular complexity index is 1100. The Hall–Kier alpha value is -3.07. The van der Waals surface area contributed by atoms with E-state index in [0.29, 0.717) is 37.2 Å². The van der Waals surface area contributed by atoms with Crippen LogP contribution in [0.15, 0.2) is 53.7 Å². The molecule has 2 heterocycles. The number of nitrogens with two attached hydrogens (primary N) is 1. The molecule has 2 aromatic carbocycles. The summed E-state index contributed by atoms with van der Waals surface area (Å²) in [6, 6.07) is 14.6. The Morgan fingerprint density at radius 3 is 2.24 bits per heavy atom. The van der Waals surface area contributed by atoms with Crippen LogP contribution in [0.1, 0.15) is 26.3 Å². The molecule has 0 atom stereocenters. The highest BCUT2D eigenvalue weighted by Crippen LogP contribution is 2.27. The Morgan fingerprint density at radius 1 is 1.00 bits per heavy atom. The summed E-state index contributed by atoms with van der Waals surface area (Å²) in [6.45, 7) is 9.17. The van der Waals surface area contributed by atoms with Crippen molar-refractivity contribution in [1.29, 1.82) is 0 Å². The summed E-state index contributed by atoms with van der Waals surface area (Å²) in [5.74, 6) is 6.83. The van der Waals surface area contributed by atoms with Crippen LogP contribution in [0.25, 0.3) is 11.4 Å². The van der Waals surface area contributed by atoms with Crippen LogP contribution in [0, 0.1) is 5.82 Å². The Balaban J connectivity index is 1.32. The number of carbonyl (C=O) groups excluding carboxylic acids is 1. The van der Waals surface area contributed by atoms with Gasteiger partial charge in [-0.2, -0.15) is 0 Å². The molecule has 0 radical (unpaired) electrons. The molecule has 0 aliphatic carbocycles. The first kappa shape index (κ1) is 23.1. The van der Waals surface area contributed by atoms with E-state index in [1.54, 1.807) is 12.1 Å². The van der Waals surface area contributed by atoms with Gasteiger partial charge < -0.3 is 15.6 Å². The standard InChI is InChI=1S/C24H29FN6OS/c1-24(2,3)18-6-4-17(5-7-18)22-27-28-23(31(22)26)33-16-21(32)30-14-12-29(13-15-30)20-10-8-19(25)9-11-20/h4-11H,12-16,26H2,1-3H3. The number of thioether (sulfide) groups is 1. The highest BCUT2D eigenvalue weighted by molar-refractivity contribution is 7.99. The molecule has 1 fully saturated rings. The number of amides is 1. The minimum Gasteiger partial charge on any atom is -0.368 e. The third-order valence-corrected chi connectivity index (χ3v) is 6.75. The van der Waals surface area contributed by atoms with Crippen molar-refractivity contribution in [1.82, 2.24) is 19.8 Å². The van der Waals surface area contributed by atoms with E-state index in [4.69, 9.17) is 5.84 Å². The number of benzene rings is 2. The van der Waals surface area contributed by atoms with Gasteiger partial charge in [0, 0.05) is 37.4 Å². The second-order valence-corrected chi connectivity index (χ2v) is 10.1. The molecule has 1 aliphatic heterocycles. The van der Waals surface area contributed by atoms with Gasteiger partial charge >= 0.3 is 0 Å². The summed E-state index contributed by atoms with van der Waals surface area (Å²) < 4.78 is 14.6. The minimum absolute atomic E-state index is 0.0397. The van der Waals surface area contributed by atoms with Crippen LogP contribution in [0.4, 0.5) is 10.1 Å². The second-order valence-electron chi connectivity index (χ2n) is 9.14.